The maximum atomic E-state index is 12.9. The average Bonchev–Trinajstić information content (AvgIpc) is 2.97. The highest BCUT2D eigenvalue weighted by molar-refractivity contribution is 5.81. The number of nitrogens with one attached hydrogen (secondary N) is 1. The number of carboxylic acid groups (broad SMARTS) is 1. The minimum atomic E-state index is -5.95. The molecule has 0 bridgehead atoms. The highest BCUT2D eigenvalue weighted by atomic mass is 19.4. The van der Waals surface area contributed by atoms with Gasteiger partial charge in [-0.25, -0.2) is 9.59 Å². The van der Waals surface area contributed by atoms with E-state index in [-0.39, 0.29) is 0 Å². The van der Waals surface area contributed by atoms with Crippen LogP contribution in [0.15, 0.2) is 48.5 Å². The molecule has 0 fully saturated rings. The summed E-state index contributed by atoms with van der Waals surface area (Å²) in [6.45, 7) is -0.408. The number of hydrogen-bond donors (Lipinski definition) is 2. The molecular formula is C20H15F6NO4. The first-order valence-corrected chi connectivity index (χ1v) is 8.89. The van der Waals surface area contributed by atoms with E-state index >= 15 is 0 Å². The summed E-state index contributed by atoms with van der Waals surface area (Å²) in [5, 5.41) is 10.1. The van der Waals surface area contributed by atoms with Crippen molar-refractivity contribution in [3.8, 4) is 11.1 Å². The number of ether oxygens (including phenoxy) is 1. The Morgan fingerprint density at radius 3 is 1.77 bits per heavy atom. The molecule has 2 aromatic carbocycles. The van der Waals surface area contributed by atoms with Gasteiger partial charge in [0.1, 0.15) is 12.6 Å². The van der Waals surface area contributed by atoms with Gasteiger partial charge < -0.3 is 15.2 Å². The van der Waals surface area contributed by atoms with E-state index in [2.05, 4.69) is 0 Å². The van der Waals surface area contributed by atoms with Gasteiger partial charge in [-0.1, -0.05) is 48.5 Å². The van der Waals surface area contributed by atoms with E-state index in [9.17, 15) is 35.9 Å². The number of rotatable bonds is 5. The van der Waals surface area contributed by atoms with Crippen LogP contribution in [0, 0.1) is 5.92 Å². The van der Waals surface area contributed by atoms with Crippen molar-refractivity contribution in [3.63, 3.8) is 0 Å². The molecule has 31 heavy (non-hydrogen) atoms. The number of benzene rings is 2. The molecule has 0 heterocycles. The van der Waals surface area contributed by atoms with E-state index in [0.29, 0.717) is 0 Å². The molecular weight excluding hydrogens is 432 g/mol. The van der Waals surface area contributed by atoms with Crippen LogP contribution in [0.3, 0.4) is 0 Å². The minimum absolute atomic E-state index is 0.408. The van der Waals surface area contributed by atoms with Gasteiger partial charge in [-0.05, 0) is 22.3 Å². The molecule has 1 atom stereocenters. The highest BCUT2D eigenvalue weighted by Gasteiger charge is 2.62. The molecule has 2 aromatic rings. The standard InChI is InChI=1S/C20H15F6NO4/c21-19(22,23)16(20(24,25)26)15(17(28)29)27-18(30)31-9-14-12-7-3-1-5-10(12)11-6-2-4-8-13(11)14/h1-8,14-16H,9H2,(H,27,30)(H,28,29)/t15-/m1/s1. The molecule has 1 amide bonds. The number of carbonyl (C=O) groups is 2. The number of carbonyl (C=O) groups excluding carboxylic acids is 1. The Morgan fingerprint density at radius 2 is 1.35 bits per heavy atom. The van der Waals surface area contributed by atoms with Crippen molar-refractivity contribution in [2.45, 2.75) is 24.3 Å². The Hall–Kier alpha value is -3.24. The summed E-state index contributed by atoms with van der Waals surface area (Å²) < 4.78 is 82.0. The zero-order valence-electron chi connectivity index (χ0n) is 15.5. The summed E-state index contributed by atoms with van der Waals surface area (Å²) in [4.78, 5) is 23.1. The van der Waals surface area contributed by atoms with Gasteiger partial charge in [0.25, 0.3) is 0 Å². The Bertz CT molecular complexity index is 929. The summed E-state index contributed by atoms with van der Waals surface area (Å²) in [5.74, 6) is -7.30. The van der Waals surface area contributed by atoms with Gasteiger partial charge in [0, 0.05) is 5.92 Å². The monoisotopic (exact) mass is 447 g/mol. The molecule has 11 heteroatoms. The molecule has 166 valence electrons. The van der Waals surface area contributed by atoms with Gasteiger partial charge in [0.15, 0.2) is 5.92 Å². The fraction of sp³-hybridized carbons (Fsp3) is 0.300. The predicted octanol–water partition coefficient (Wildman–Crippen LogP) is 4.72. The number of alkyl carbamates (subject to hydrolysis) is 1. The zero-order chi connectivity index (χ0) is 23.0. The van der Waals surface area contributed by atoms with Crippen LogP contribution in [0.25, 0.3) is 11.1 Å². The second-order valence-electron chi connectivity index (χ2n) is 6.85. The lowest BCUT2D eigenvalue weighted by Crippen LogP contribution is -2.56. The van der Waals surface area contributed by atoms with E-state index in [4.69, 9.17) is 9.84 Å². The largest absolute Gasteiger partial charge is 0.480 e. The van der Waals surface area contributed by atoms with Crippen LogP contribution in [0.2, 0.25) is 0 Å². The van der Waals surface area contributed by atoms with Crippen molar-refractivity contribution >= 4 is 12.1 Å². The Balaban J connectivity index is 1.77. The SMILES string of the molecule is O=C(N[C@@H](C(=O)O)C(C(F)(F)F)C(F)(F)F)OCC1c2ccccc2-c2ccccc21. The van der Waals surface area contributed by atoms with Gasteiger partial charge in [-0.15, -0.1) is 0 Å². The molecule has 3 rings (SSSR count). The van der Waals surface area contributed by atoms with Crippen molar-refractivity contribution in [2.24, 2.45) is 5.92 Å². The van der Waals surface area contributed by atoms with Crippen LogP contribution in [-0.4, -0.2) is 42.2 Å². The van der Waals surface area contributed by atoms with E-state index < -0.39 is 48.9 Å². The number of carboxylic acids is 1. The number of amides is 1. The molecule has 0 aromatic heterocycles. The Morgan fingerprint density at radius 1 is 0.903 bits per heavy atom. The smallest absolute Gasteiger partial charge is 0.407 e. The molecule has 2 N–H and O–H groups in total. The van der Waals surface area contributed by atoms with Crippen molar-refractivity contribution in [1.82, 2.24) is 5.32 Å². The first kappa shape index (κ1) is 22.4. The van der Waals surface area contributed by atoms with Crippen LogP contribution >= 0.6 is 0 Å². The lowest BCUT2D eigenvalue weighted by Gasteiger charge is -2.28. The summed E-state index contributed by atoms with van der Waals surface area (Å²) in [5.41, 5.74) is 3.22. The molecule has 0 radical (unpaired) electrons. The number of alkyl halides is 6. The van der Waals surface area contributed by atoms with Gasteiger partial charge in [0.05, 0.1) is 0 Å². The lowest BCUT2D eigenvalue weighted by atomic mass is 9.98. The van der Waals surface area contributed by atoms with E-state index in [1.54, 1.807) is 36.4 Å². The lowest BCUT2D eigenvalue weighted by molar-refractivity contribution is -0.290. The first-order chi connectivity index (χ1) is 14.4. The van der Waals surface area contributed by atoms with Crippen molar-refractivity contribution in [1.29, 1.82) is 0 Å². The summed E-state index contributed by atoms with van der Waals surface area (Å²) in [7, 11) is 0. The molecule has 0 spiro atoms. The molecule has 0 aliphatic heterocycles. The average molecular weight is 447 g/mol. The molecule has 0 saturated heterocycles. The third kappa shape index (κ3) is 4.59. The first-order valence-electron chi connectivity index (χ1n) is 8.89. The molecule has 0 saturated carbocycles. The van der Waals surface area contributed by atoms with E-state index in [0.717, 1.165) is 22.3 Å². The molecule has 5 nitrogen and oxygen atoms in total. The second-order valence-corrected chi connectivity index (χ2v) is 6.85. The van der Waals surface area contributed by atoms with Crippen molar-refractivity contribution < 1.29 is 45.8 Å². The summed E-state index contributed by atoms with van der Waals surface area (Å²) in [6.07, 6.45) is -13.6. The summed E-state index contributed by atoms with van der Waals surface area (Å²) >= 11 is 0. The van der Waals surface area contributed by atoms with Gasteiger partial charge in [0.2, 0.25) is 0 Å². The van der Waals surface area contributed by atoms with Crippen LogP contribution < -0.4 is 5.32 Å². The van der Waals surface area contributed by atoms with Crippen LogP contribution in [-0.2, 0) is 9.53 Å². The molecule has 1 aliphatic carbocycles. The number of halogens is 6. The van der Waals surface area contributed by atoms with Crippen LogP contribution in [0.4, 0.5) is 31.1 Å². The van der Waals surface area contributed by atoms with E-state index in [1.807, 2.05) is 12.1 Å². The van der Waals surface area contributed by atoms with Gasteiger partial charge in [-0.3, -0.25) is 0 Å². The highest BCUT2D eigenvalue weighted by Crippen LogP contribution is 2.45. The minimum Gasteiger partial charge on any atom is -0.480 e. The normalized spacial score (nSPS) is 14.7. The second kappa shape index (κ2) is 8.12. The predicted molar refractivity (Wildman–Crippen MR) is 95.2 cm³/mol. The molecule has 0 unspecified atom stereocenters. The van der Waals surface area contributed by atoms with Crippen molar-refractivity contribution in [3.05, 3.63) is 59.7 Å². The van der Waals surface area contributed by atoms with Gasteiger partial charge >= 0.3 is 24.4 Å². The topological polar surface area (TPSA) is 75.6 Å². The fourth-order valence-electron chi connectivity index (χ4n) is 3.62. The Labute approximate surface area is 171 Å². The zero-order valence-corrected chi connectivity index (χ0v) is 15.5. The fourth-order valence-corrected chi connectivity index (χ4v) is 3.62. The van der Waals surface area contributed by atoms with Gasteiger partial charge in [-0.2, -0.15) is 26.3 Å². The summed E-state index contributed by atoms with van der Waals surface area (Å²) in [6, 6.07) is 10.9. The third-order valence-electron chi connectivity index (χ3n) is 4.92. The van der Waals surface area contributed by atoms with Crippen molar-refractivity contribution in [2.75, 3.05) is 6.61 Å². The third-order valence-corrected chi connectivity index (χ3v) is 4.92. The van der Waals surface area contributed by atoms with Crippen LogP contribution in [0.5, 0.6) is 0 Å². The van der Waals surface area contributed by atoms with E-state index in [1.165, 1.54) is 5.32 Å². The van der Waals surface area contributed by atoms with Crippen LogP contribution in [0.1, 0.15) is 17.0 Å². The quantitative estimate of drug-likeness (QED) is 0.651. The number of aliphatic carboxylic acids is 1. The maximum Gasteiger partial charge on any atom is 0.407 e. The number of hydrogen-bond acceptors (Lipinski definition) is 3. The number of fused-ring (bicyclic) bond motifs is 3. The Kier molecular flexibility index (Phi) is 5.88. The molecule has 1 aliphatic rings. The maximum absolute atomic E-state index is 12.9.